The van der Waals surface area contributed by atoms with Crippen molar-refractivity contribution < 1.29 is 19.0 Å². The summed E-state index contributed by atoms with van der Waals surface area (Å²) < 4.78 is 15.9. The van der Waals surface area contributed by atoms with E-state index in [9.17, 15) is 4.79 Å². The number of primary amides is 1. The van der Waals surface area contributed by atoms with E-state index in [1.54, 1.807) is 31.4 Å². The molecule has 0 aliphatic heterocycles. The zero-order chi connectivity index (χ0) is 15.4. The van der Waals surface area contributed by atoms with Gasteiger partial charge in [-0.15, -0.1) is 0 Å². The Morgan fingerprint density at radius 3 is 2.19 bits per heavy atom. The van der Waals surface area contributed by atoms with Gasteiger partial charge in [0.05, 0.1) is 19.9 Å². The zero-order valence-corrected chi connectivity index (χ0v) is 11.8. The molecule has 0 radical (unpaired) electrons. The van der Waals surface area contributed by atoms with Crippen molar-refractivity contribution in [1.29, 1.82) is 0 Å². The first-order valence-corrected chi connectivity index (χ1v) is 6.13. The van der Waals surface area contributed by atoms with E-state index in [1.807, 2.05) is 0 Å². The maximum atomic E-state index is 11.3. The van der Waals surface area contributed by atoms with Gasteiger partial charge < -0.3 is 25.7 Å². The maximum Gasteiger partial charge on any atom is 0.248 e. The summed E-state index contributed by atoms with van der Waals surface area (Å²) in [6.07, 6.45) is 0. The van der Waals surface area contributed by atoms with E-state index in [-0.39, 0.29) is 5.56 Å². The largest absolute Gasteiger partial charge is 0.497 e. The van der Waals surface area contributed by atoms with Gasteiger partial charge >= 0.3 is 0 Å². The summed E-state index contributed by atoms with van der Waals surface area (Å²) in [5.74, 6) is 1.37. The lowest BCUT2D eigenvalue weighted by Gasteiger charge is -2.11. The van der Waals surface area contributed by atoms with E-state index in [0.717, 1.165) is 0 Å². The Morgan fingerprint density at radius 1 is 0.952 bits per heavy atom. The molecule has 0 saturated carbocycles. The molecule has 0 bridgehead atoms. The molecule has 2 rings (SSSR count). The highest BCUT2D eigenvalue weighted by molar-refractivity contribution is 5.93. The molecule has 21 heavy (non-hydrogen) atoms. The first-order chi connectivity index (χ1) is 10.0. The topological polar surface area (TPSA) is 96.8 Å². The number of benzene rings is 2. The van der Waals surface area contributed by atoms with E-state index < -0.39 is 5.91 Å². The minimum Gasteiger partial charge on any atom is -0.497 e. The van der Waals surface area contributed by atoms with Gasteiger partial charge in [0.1, 0.15) is 17.2 Å². The van der Waals surface area contributed by atoms with Crippen molar-refractivity contribution in [3.05, 3.63) is 42.0 Å². The summed E-state index contributed by atoms with van der Waals surface area (Å²) >= 11 is 0. The highest BCUT2D eigenvalue weighted by atomic mass is 16.5. The van der Waals surface area contributed by atoms with Crippen LogP contribution in [0, 0.1) is 0 Å². The van der Waals surface area contributed by atoms with Crippen LogP contribution in [0.25, 0.3) is 0 Å². The summed E-state index contributed by atoms with van der Waals surface area (Å²) in [6, 6.07) is 9.74. The van der Waals surface area contributed by atoms with Crippen LogP contribution in [0.2, 0.25) is 0 Å². The predicted molar refractivity (Wildman–Crippen MR) is 79.0 cm³/mol. The highest BCUT2D eigenvalue weighted by Crippen LogP contribution is 2.32. The maximum absolute atomic E-state index is 11.3. The molecule has 2 aromatic rings. The monoisotopic (exact) mass is 288 g/mol. The Labute approximate surface area is 122 Å². The van der Waals surface area contributed by atoms with E-state index in [2.05, 4.69) is 0 Å². The molecule has 0 fully saturated rings. The van der Waals surface area contributed by atoms with Crippen LogP contribution in [-0.2, 0) is 0 Å². The van der Waals surface area contributed by atoms with Gasteiger partial charge in [-0.05, 0) is 24.3 Å². The van der Waals surface area contributed by atoms with Crippen LogP contribution in [0.1, 0.15) is 10.4 Å². The number of nitrogens with two attached hydrogens (primary N) is 2. The van der Waals surface area contributed by atoms with Gasteiger partial charge in [0.15, 0.2) is 5.75 Å². The van der Waals surface area contributed by atoms with E-state index >= 15 is 0 Å². The molecule has 0 aliphatic rings. The molecular formula is C15H16N2O4. The fraction of sp³-hybridized carbons (Fsp3) is 0.133. The number of hydrogen-bond acceptors (Lipinski definition) is 5. The third-order valence-electron chi connectivity index (χ3n) is 2.85. The van der Waals surface area contributed by atoms with Crippen molar-refractivity contribution in [1.82, 2.24) is 0 Å². The Bertz CT molecular complexity index is 671. The number of carbonyl (C=O) groups excluding carboxylic acids is 1. The molecule has 4 N–H and O–H groups in total. The van der Waals surface area contributed by atoms with Crippen LogP contribution < -0.4 is 25.7 Å². The second-order valence-corrected chi connectivity index (χ2v) is 4.27. The van der Waals surface area contributed by atoms with E-state index in [1.165, 1.54) is 19.2 Å². The van der Waals surface area contributed by atoms with Crippen molar-refractivity contribution in [2.24, 2.45) is 5.73 Å². The zero-order valence-electron chi connectivity index (χ0n) is 11.8. The molecule has 0 aliphatic carbocycles. The first kappa shape index (κ1) is 14.5. The molecule has 2 aromatic carbocycles. The Kier molecular flexibility index (Phi) is 4.18. The molecule has 0 atom stereocenters. The minimum absolute atomic E-state index is 0.288. The highest BCUT2D eigenvalue weighted by Gasteiger charge is 2.09. The van der Waals surface area contributed by atoms with Crippen molar-refractivity contribution in [2.45, 2.75) is 0 Å². The smallest absolute Gasteiger partial charge is 0.248 e. The number of hydrogen-bond donors (Lipinski definition) is 2. The summed E-state index contributed by atoms with van der Waals surface area (Å²) in [6.45, 7) is 0. The fourth-order valence-corrected chi connectivity index (χ4v) is 1.76. The van der Waals surface area contributed by atoms with E-state index in [0.29, 0.717) is 28.7 Å². The molecule has 0 spiro atoms. The average molecular weight is 288 g/mol. The van der Waals surface area contributed by atoms with Crippen LogP contribution in [0.15, 0.2) is 36.4 Å². The summed E-state index contributed by atoms with van der Waals surface area (Å²) in [7, 11) is 3.04. The Balaban J connectivity index is 2.34. The lowest BCUT2D eigenvalue weighted by atomic mass is 10.2. The van der Waals surface area contributed by atoms with Crippen LogP contribution >= 0.6 is 0 Å². The number of ether oxygens (including phenoxy) is 3. The van der Waals surface area contributed by atoms with Crippen LogP contribution in [0.5, 0.6) is 23.0 Å². The number of amides is 1. The number of carbonyl (C=O) groups is 1. The molecule has 0 unspecified atom stereocenters. The second kappa shape index (κ2) is 6.04. The molecule has 6 nitrogen and oxygen atoms in total. The van der Waals surface area contributed by atoms with Gasteiger partial charge in [0.2, 0.25) is 5.91 Å². The van der Waals surface area contributed by atoms with Gasteiger partial charge in [-0.25, -0.2) is 0 Å². The SMILES string of the molecule is COc1cc(Oc2ccc(OC)cc2N)cc(C(N)=O)c1. The number of anilines is 1. The summed E-state index contributed by atoms with van der Waals surface area (Å²) in [5.41, 5.74) is 11.9. The standard InChI is InChI=1S/C15H16N2O4/c1-19-10-3-4-14(13(16)8-10)21-12-6-9(15(17)18)5-11(7-12)20-2/h3-8H,16H2,1-2H3,(H2,17,18). The lowest BCUT2D eigenvalue weighted by Crippen LogP contribution is -2.11. The second-order valence-electron chi connectivity index (χ2n) is 4.27. The minimum atomic E-state index is -0.568. The molecule has 6 heteroatoms. The van der Waals surface area contributed by atoms with Gasteiger partial charge in [-0.1, -0.05) is 0 Å². The average Bonchev–Trinajstić information content (AvgIpc) is 2.48. The van der Waals surface area contributed by atoms with Gasteiger partial charge in [-0.2, -0.15) is 0 Å². The third-order valence-corrected chi connectivity index (χ3v) is 2.85. The molecule has 110 valence electrons. The molecule has 0 aromatic heterocycles. The van der Waals surface area contributed by atoms with Crippen LogP contribution in [-0.4, -0.2) is 20.1 Å². The van der Waals surface area contributed by atoms with Gasteiger partial charge in [0.25, 0.3) is 0 Å². The molecule has 1 amide bonds. The number of nitrogen functional groups attached to an aromatic ring is 1. The van der Waals surface area contributed by atoms with Crippen LogP contribution in [0.4, 0.5) is 5.69 Å². The fourth-order valence-electron chi connectivity index (χ4n) is 1.76. The molecular weight excluding hydrogens is 272 g/mol. The quantitative estimate of drug-likeness (QED) is 0.822. The van der Waals surface area contributed by atoms with Crippen molar-refractivity contribution in [2.75, 3.05) is 20.0 Å². The van der Waals surface area contributed by atoms with Gasteiger partial charge in [-0.3, -0.25) is 4.79 Å². The number of methoxy groups -OCH3 is 2. The molecule has 0 heterocycles. The van der Waals surface area contributed by atoms with Crippen molar-refractivity contribution in [3.8, 4) is 23.0 Å². The Hall–Kier alpha value is -2.89. The van der Waals surface area contributed by atoms with Crippen LogP contribution in [0.3, 0.4) is 0 Å². The number of rotatable bonds is 5. The molecule has 0 saturated heterocycles. The predicted octanol–water partition coefficient (Wildman–Crippen LogP) is 2.18. The van der Waals surface area contributed by atoms with Crippen molar-refractivity contribution >= 4 is 11.6 Å². The van der Waals surface area contributed by atoms with Crippen molar-refractivity contribution in [3.63, 3.8) is 0 Å². The van der Waals surface area contributed by atoms with E-state index in [4.69, 9.17) is 25.7 Å². The Morgan fingerprint density at radius 2 is 1.62 bits per heavy atom. The summed E-state index contributed by atoms with van der Waals surface area (Å²) in [4.78, 5) is 11.3. The summed E-state index contributed by atoms with van der Waals surface area (Å²) in [5, 5.41) is 0. The third kappa shape index (κ3) is 3.36. The lowest BCUT2D eigenvalue weighted by molar-refractivity contribution is 0.0999. The normalized spacial score (nSPS) is 10.0. The van der Waals surface area contributed by atoms with Gasteiger partial charge in [0, 0.05) is 17.7 Å². The first-order valence-electron chi connectivity index (χ1n) is 6.13.